The van der Waals surface area contributed by atoms with E-state index in [2.05, 4.69) is 5.32 Å². The molecule has 1 aromatic rings. The highest BCUT2D eigenvalue weighted by Gasteiger charge is 2.26. The van der Waals surface area contributed by atoms with E-state index in [4.69, 9.17) is 9.84 Å². The van der Waals surface area contributed by atoms with E-state index < -0.39 is 0 Å². The number of carbonyl (C=O) groups excluding carboxylic acids is 1. The fraction of sp³-hybridized carbons (Fsp3) is 0.588. The minimum absolute atomic E-state index is 0.00652. The van der Waals surface area contributed by atoms with Gasteiger partial charge in [-0.25, -0.2) is 4.79 Å². The highest BCUT2D eigenvalue weighted by atomic mass is 16.5. The molecule has 1 atom stereocenters. The van der Waals surface area contributed by atoms with Gasteiger partial charge in [-0.1, -0.05) is 24.3 Å². The number of hydrogen-bond donors (Lipinski definition) is 2. The lowest BCUT2D eigenvalue weighted by molar-refractivity contribution is 0.116. The average molecular weight is 306 g/mol. The third-order valence-electron chi connectivity index (χ3n) is 4.19. The van der Waals surface area contributed by atoms with Gasteiger partial charge in [-0.15, -0.1) is 0 Å². The first kappa shape index (κ1) is 16.8. The molecule has 0 saturated carbocycles. The summed E-state index contributed by atoms with van der Waals surface area (Å²) >= 11 is 0. The van der Waals surface area contributed by atoms with Crippen molar-refractivity contribution in [3.8, 4) is 0 Å². The first-order valence-electron chi connectivity index (χ1n) is 7.96. The highest BCUT2D eigenvalue weighted by Crippen LogP contribution is 2.19. The second kappa shape index (κ2) is 8.76. The molecule has 1 fully saturated rings. The predicted octanol–water partition coefficient (Wildman–Crippen LogP) is 2.28. The lowest BCUT2D eigenvalue weighted by Crippen LogP contribution is -2.48. The van der Waals surface area contributed by atoms with Crippen LogP contribution in [0.5, 0.6) is 0 Å². The second-order valence-corrected chi connectivity index (χ2v) is 5.76. The Morgan fingerprint density at radius 1 is 1.32 bits per heavy atom. The summed E-state index contributed by atoms with van der Waals surface area (Å²) in [6.07, 6.45) is 4.21. The average Bonchev–Trinajstić information content (AvgIpc) is 2.58. The molecule has 0 aliphatic carbocycles. The van der Waals surface area contributed by atoms with E-state index in [-0.39, 0.29) is 18.7 Å². The van der Waals surface area contributed by atoms with Crippen molar-refractivity contribution in [1.82, 2.24) is 10.2 Å². The number of aliphatic hydroxyl groups excluding tert-OH is 1. The van der Waals surface area contributed by atoms with Gasteiger partial charge in [0.05, 0.1) is 6.61 Å². The molecule has 1 aliphatic heterocycles. The molecular formula is C17H26N2O3. The highest BCUT2D eigenvalue weighted by molar-refractivity contribution is 5.74. The van der Waals surface area contributed by atoms with Crippen molar-refractivity contribution in [2.45, 2.75) is 44.9 Å². The predicted molar refractivity (Wildman–Crippen MR) is 85.4 cm³/mol. The first-order chi connectivity index (χ1) is 10.7. The van der Waals surface area contributed by atoms with Crippen molar-refractivity contribution in [3.05, 3.63) is 35.4 Å². The van der Waals surface area contributed by atoms with Crippen LogP contribution in [0.15, 0.2) is 24.3 Å². The van der Waals surface area contributed by atoms with Crippen LogP contribution in [0, 0.1) is 0 Å². The fourth-order valence-corrected chi connectivity index (χ4v) is 2.86. The van der Waals surface area contributed by atoms with Crippen molar-refractivity contribution < 1.29 is 14.6 Å². The largest absolute Gasteiger partial charge is 0.392 e. The zero-order valence-electron chi connectivity index (χ0n) is 13.3. The zero-order valence-corrected chi connectivity index (χ0v) is 13.3. The molecule has 1 aromatic carbocycles. The zero-order chi connectivity index (χ0) is 15.8. The van der Waals surface area contributed by atoms with Gasteiger partial charge in [0.2, 0.25) is 0 Å². The van der Waals surface area contributed by atoms with Crippen LogP contribution >= 0.6 is 0 Å². The van der Waals surface area contributed by atoms with Gasteiger partial charge in [0.25, 0.3) is 0 Å². The Hall–Kier alpha value is -1.59. The van der Waals surface area contributed by atoms with Crippen molar-refractivity contribution >= 4 is 6.03 Å². The summed E-state index contributed by atoms with van der Waals surface area (Å²) < 4.78 is 5.14. The number of likely N-dealkylation sites (tertiary alicyclic amines) is 1. The number of aliphatic hydroxyl groups is 1. The first-order valence-corrected chi connectivity index (χ1v) is 7.96. The van der Waals surface area contributed by atoms with E-state index in [0.29, 0.717) is 13.2 Å². The van der Waals surface area contributed by atoms with E-state index in [1.165, 1.54) is 6.42 Å². The van der Waals surface area contributed by atoms with Gasteiger partial charge in [0.1, 0.15) is 0 Å². The molecule has 0 radical (unpaired) electrons. The van der Waals surface area contributed by atoms with Crippen LogP contribution in [0.3, 0.4) is 0 Å². The Kier molecular flexibility index (Phi) is 6.68. The van der Waals surface area contributed by atoms with E-state index in [0.717, 1.165) is 36.9 Å². The summed E-state index contributed by atoms with van der Waals surface area (Å²) in [6.45, 7) is 2.07. The van der Waals surface area contributed by atoms with E-state index in [9.17, 15) is 4.79 Å². The van der Waals surface area contributed by atoms with Crippen LogP contribution in [0.1, 0.15) is 36.8 Å². The number of nitrogens with one attached hydrogen (secondary N) is 1. The Labute approximate surface area is 132 Å². The summed E-state index contributed by atoms with van der Waals surface area (Å²) in [5, 5.41) is 12.0. The maximum absolute atomic E-state index is 12.4. The SMILES string of the molecule is COCC[C@H]1CCCCN1C(=O)NCc1ccc(CO)cc1. The monoisotopic (exact) mass is 306 g/mol. The Morgan fingerprint density at radius 2 is 2.05 bits per heavy atom. The molecule has 0 spiro atoms. The van der Waals surface area contributed by atoms with Gasteiger partial charge in [-0.3, -0.25) is 0 Å². The molecule has 0 aromatic heterocycles. The molecule has 0 bridgehead atoms. The molecule has 2 N–H and O–H groups in total. The molecule has 2 amide bonds. The summed E-state index contributed by atoms with van der Waals surface area (Å²) in [7, 11) is 1.70. The number of rotatable bonds is 6. The maximum Gasteiger partial charge on any atom is 0.317 e. The van der Waals surface area contributed by atoms with E-state index >= 15 is 0 Å². The minimum Gasteiger partial charge on any atom is -0.392 e. The third-order valence-corrected chi connectivity index (χ3v) is 4.19. The van der Waals surface area contributed by atoms with Crippen LogP contribution in [0.2, 0.25) is 0 Å². The van der Waals surface area contributed by atoms with Gasteiger partial charge in [-0.05, 0) is 36.8 Å². The molecule has 2 rings (SSSR count). The van der Waals surface area contributed by atoms with Gasteiger partial charge in [0, 0.05) is 32.8 Å². The Morgan fingerprint density at radius 3 is 2.73 bits per heavy atom. The van der Waals surface area contributed by atoms with Crippen LogP contribution in [-0.2, 0) is 17.9 Å². The lowest BCUT2D eigenvalue weighted by atomic mass is 10.00. The summed E-state index contributed by atoms with van der Waals surface area (Å²) in [6, 6.07) is 7.92. The van der Waals surface area contributed by atoms with Gasteiger partial charge in [-0.2, -0.15) is 0 Å². The minimum atomic E-state index is 0.00652. The topological polar surface area (TPSA) is 61.8 Å². The van der Waals surface area contributed by atoms with E-state index in [1.54, 1.807) is 7.11 Å². The van der Waals surface area contributed by atoms with Gasteiger partial charge in [0.15, 0.2) is 0 Å². The molecule has 1 aliphatic rings. The Balaban J connectivity index is 1.86. The van der Waals surface area contributed by atoms with Crippen LogP contribution < -0.4 is 5.32 Å². The molecule has 0 unspecified atom stereocenters. The summed E-state index contributed by atoms with van der Waals surface area (Å²) in [4.78, 5) is 14.4. The van der Waals surface area contributed by atoms with E-state index in [1.807, 2.05) is 29.2 Å². The second-order valence-electron chi connectivity index (χ2n) is 5.76. The van der Waals surface area contributed by atoms with Crippen molar-refractivity contribution in [2.75, 3.05) is 20.3 Å². The van der Waals surface area contributed by atoms with Gasteiger partial charge >= 0.3 is 6.03 Å². The maximum atomic E-state index is 12.4. The normalized spacial score (nSPS) is 18.3. The summed E-state index contributed by atoms with van der Waals surface area (Å²) in [5.41, 5.74) is 1.92. The Bertz CT molecular complexity index is 461. The number of hydrogen-bond acceptors (Lipinski definition) is 3. The molecule has 1 heterocycles. The fourth-order valence-electron chi connectivity index (χ4n) is 2.86. The molecule has 5 nitrogen and oxygen atoms in total. The smallest absolute Gasteiger partial charge is 0.317 e. The summed E-state index contributed by atoms with van der Waals surface area (Å²) in [5.74, 6) is 0. The lowest BCUT2D eigenvalue weighted by Gasteiger charge is -2.35. The van der Waals surface area contributed by atoms with Crippen LogP contribution in [0.4, 0.5) is 4.79 Å². The third kappa shape index (κ3) is 4.71. The molecule has 22 heavy (non-hydrogen) atoms. The van der Waals surface area contributed by atoms with Gasteiger partial charge < -0.3 is 20.1 Å². The van der Waals surface area contributed by atoms with Crippen LogP contribution in [-0.4, -0.2) is 42.3 Å². The molecule has 122 valence electrons. The number of benzene rings is 1. The quantitative estimate of drug-likeness (QED) is 0.847. The van der Waals surface area contributed by atoms with Crippen molar-refractivity contribution in [2.24, 2.45) is 0 Å². The van der Waals surface area contributed by atoms with Crippen LogP contribution in [0.25, 0.3) is 0 Å². The number of piperidine rings is 1. The number of amides is 2. The van der Waals surface area contributed by atoms with Crippen molar-refractivity contribution in [3.63, 3.8) is 0 Å². The molecule has 5 heteroatoms. The number of nitrogens with zero attached hydrogens (tertiary/aromatic N) is 1. The molecular weight excluding hydrogens is 280 g/mol. The number of urea groups is 1. The number of ether oxygens (including phenoxy) is 1. The molecule has 1 saturated heterocycles. The number of carbonyl (C=O) groups is 1. The van der Waals surface area contributed by atoms with Crippen molar-refractivity contribution in [1.29, 1.82) is 0 Å². The number of methoxy groups -OCH3 is 1. The standard InChI is InChI=1S/C17H26N2O3/c1-22-11-9-16-4-2-3-10-19(16)17(21)18-12-14-5-7-15(13-20)8-6-14/h5-8,16,20H,2-4,9-13H2,1H3,(H,18,21)/t16-/m1/s1.